The molecular formula is C14H20BrNO4. The molecule has 1 amide bonds. The van der Waals surface area contributed by atoms with Gasteiger partial charge in [0.2, 0.25) is 0 Å². The number of hydrogen-bond donors (Lipinski definition) is 1. The predicted octanol–water partition coefficient (Wildman–Crippen LogP) is 3.14. The highest BCUT2D eigenvalue weighted by Crippen LogP contribution is 2.16. The van der Waals surface area contributed by atoms with E-state index in [0.717, 1.165) is 0 Å². The molecule has 6 heteroatoms. The third-order valence-electron chi connectivity index (χ3n) is 2.41. The zero-order valence-corrected chi connectivity index (χ0v) is 13.9. The van der Waals surface area contributed by atoms with Crippen LogP contribution >= 0.6 is 15.9 Å². The lowest BCUT2D eigenvalue weighted by Crippen LogP contribution is -2.47. The molecule has 1 rings (SSSR count). The molecule has 5 nitrogen and oxygen atoms in total. The minimum absolute atomic E-state index is 0.0906. The molecule has 0 aromatic carbocycles. The second-order valence-corrected chi connectivity index (χ2v) is 6.61. The Morgan fingerprint density at radius 2 is 1.90 bits per heavy atom. The van der Waals surface area contributed by atoms with Gasteiger partial charge in [-0.1, -0.05) is 13.8 Å². The summed E-state index contributed by atoms with van der Waals surface area (Å²) < 4.78 is 10.9. The summed E-state index contributed by atoms with van der Waals surface area (Å²) in [7, 11) is 0. The molecule has 1 aromatic heterocycles. The highest BCUT2D eigenvalue weighted by atomic mass is 79.9. The van der Waals surface area contributed by atoms with E-state index in [-0.39, 0.29) is 11.7 Å². The Morgan fingerprint density at radius 1 is 1.30 bits per heavy atom. The molecule has 0 unspecified atom stereocenters. The first kappa shape index (κ1) is 16.8. The normalized spacial score (nSPS) is 13.2. The number of ether oxygens (including phenoxy) is 1. The monoisotopic (exact) mass is 345 g/mol. The van der Waals surface area contributed by atoms with Gasteiger partial charge in [0, 0.05) is 0 Å². The van der Waals surface area contributed by atoms with Crippen LogP contribution in [0.4, 0.5) is 0 Å². The second-order valence-electron chi connectivity index (χ2n) is 5.83. The van der Waals surface area contributed by atoms with Crippen LogP contribution in [0.5, 0.6) is 0 Å². The van der Waals surface area contributed by atoms with Crippen molar-refractivity contribution in [2.45, 2.75) is 46.3 Å². The summed E-state index contributed by atoms with van der Waals surface area (Å²) in [6, 6.07) is 2.43. The number of hydrogen-bond acceptors (Lipinski definition) is 4. The van der Waals surface area contributed by atoms with Crippen molar-refractivity contribution in [2.24, 2.45) is 5.92 Å². The van der Waals surface area contributed by atoms with E-state index in [1.54, 1.807) is 26.8 Å². The number of halogens is 1. The lowest BCUT2D eigenvalue weighted by atomic mass is 10.0. The molecule has 20 heavy (non-hydrogen) atoms. The SMILES string of the molecule is CC(C)[C@@H](NC(=O)c1ccc(Br)o1)C(=O)OC(C)(C)C. The predicted molar refractivity (Wildman–Crippen MR) is 78.3 cm³/mol. The van der Waals surface area contributed by atoms with Gasteiger partial charge in [0.25, 0.3) is 5.91 Å². The van der Waals surface area contributed by atoms with Crippen molar-refractivity contribution in [1.82, 2.24) is 5.32 Å². The summed E-state index contributed by atoms with van der Waals surface area (Å²) in [5.74, 6) is -0.843. The molecule has 1 aromatic rings. The van der Waals surface area contributed by atoms with Crippen LogP contribution in [0.25, 0.3) is 0 Å². The Balaban J connectivity index is 2.77. The summed E-state index contributed by atoms with van der Waals surface area (Å²) in [4.78, 5) is 24.1. The van der Waals surface area contributed by atoms with Crippen LogP contribution < -0.4 is 5.32 Å². The van der Waals surface area contributed by atoms with Crippen LogP contribution in [0.3, 0.4) is 0 Å². The Kier molecular flexibility index (Phi) is 5.39. The molecule has 0 saturated heterocycles. The zero-order chi connectivity index (χ0) is 15.5. The topological polar surface area (TPSA) is 68.5 Å². The maximum atomic E-state index is 12.1. The fourth-order valence-corrected chi connectivity index (χ4v) is 1.82. The number of carbonyl (C=O) groups excluding carboxylic acids is 2. The molecular weight excluding hydrogens is 326 g/mol. The third kappa shape index (κ3) is 5.00. The third-order valence-corrected chi connectivity index (χ3v) is 2.84. The van der Waals surface area contributed by atoms with Crippen molar-refractivity contribution in [3.05, 3.63) is 22.6 Å². The maximum Gasteiger partial charge on any atom is 0.329 e. The van der Waals surface area contributed by atoms with Crippen molar-refractivity contribution in [3.8, 4) is 0 Å². The summed E-state index contributed by atoms with van der Waals surface area (Å²) in [6.07, 6.45) is 0. The van der Waals surface area contributed by atoms with Gasteiger partial charge in [-0.05, 0) is 54.8 Å². The summed E-state index contributed by atoms with van der Waals surface area (Å²) in [6.45, 7) is 9.04. The van der Waals surface area contributed by atoms with Crippen LogP contribution in [0.1, 0.15) is 45.2 Å². The van der Waals surface area contributed by atoms with E-state index in [0.29, 0.717) is 4.67 Å². The van der Waals surface area contributed by atoms with Crippen LogP contribution in [-0.4, -0.2) is 23.5 Å². The van der Waals surface area contributed by atoms with Crippen LogP contribution in [0.15, 0.2) is 21.2 Å². The molecule has 1 N–H and O–H groups in total. The van der Waals surface area contributed by atoms with E-state index in [1.807, 2.05) is 13.8 Å². The number of esters is 1. The second kappa shape index (κ2) is 6.43. The van der Waals surface area contributed by atoms with Crippen molar-refractivity contribution < 1.29 is 18.7 Å². The highest BCUT2D eigenvalue weighted by molar-refractivity contribution is 9.10. The molecule has 0 aliphatic carbocycles. The van der Waals surface area contributed by atoms with Crippen molar-refractivity contribution in [2.75, 3.05) is 0 Å². The van der Waals surface area contributed by atoms with Gasteiger partial charge in [-0.2, -0.15) is 0 Å². The Labute approximate surface area is 127 Å². The number of furan rings is 1. The van der Waals surface area contributed by atoms with E-state index < -0.39 is 23.5 Å². The van der Waals surface area contributed by atoms with Crippen molar-refractivity contribution in [1.29, 1.82) is 0 Å². The fourth-order valence-electron chi connectivity index (χ4n) is 1.51. The number of amides is 1. The van der Waals surface area contributed by atoms with E-state index in [1.165, 1.54) is 6.07 Å². The smallest absolute Gasteiger partial charge is 0.329 e. The molecule has 0 aliphatic rings. The quantitative estimate of drug-likeness (QED) is 0.851. The first-order chi connectivity index (χ1) is 9.10. The maximum absolute atomic E-state index is 12.1. The van der Waals surface area contributed by atoms with Crippen molar-refractivity contribution in [3.63, 3.8) is 0 Å². The van der Waals surface area contributed by atoms with Gasteiger partial charge in [0.05, 0.1) is 0 Å². The van der Waals surface area contributed by atoms with Crippen LogP contribution in [0, 0.1) is 5.92 Å². The highest BCUT2D eigenvalue weighted by Gasteiger charge is 2.30. The molecule has 1 atom stereocenters. The van der Waals surface area contributed by atoms with Crippen LogP contribution in [-0.2, 0) is 9.53 Å². The average Bonchev–Trinajstić information content (AvgIpc) is 2.69. The molecule has 0 spiro atoms. The van der Waals surface area contributed by atoms with Crippen LogP contribution in [0.2, 0.25) is 0 Å². The number of rotatable bonds is 4. The lowest BCUT2D eigenvalue weighted by Gasteiger charge is -2.26. The Hall–Kier alpha value is -1.30. The van der Waals surface area contributed by atoms with E-state index >= 15 is 0 Å². The van der Waals surface area contributed by atoms with Gasteiger partial charge in [0.1, 0.15) is 11.6 Å². The van der Waals surface area contributed by atoms with Gasteiger partial charge in [0.15, 0.2) is 10.4 Å². The standard InChI is InChI=1S/C14H20BrNO4/c1-8(2)11(13(18)20-14(3,4)5)16-12(17)9-6-7-10(15)19-9/h6-8,11H,1-5H3,(H,16,17)/t11-/m1/s1. The minimum Gasteiger partial charge on any atom is -0.458 e. The van der Waals surface area contributed by atoms with Gasteiger partial charge in [-0.25, -0.2) is 4.79 Å². The zero-order valence-electron chi connectivity index (χ0n) is 12.3. The van der Waals surface area contributed by atoms with E-state index in [9.17, 15) is 9.59 Å². The summed E-state index contributed by atoms with van der Waals surface area (Å²) in [5.41, 5.74) is -0.595. The number of carbonyl (C=O) groups is 2. The Morgan fingerprint density at radius 3 is 2.30 bits per heavy atom. The van der Waals surface area contributed by atoms with Crippen molar-refractivity contribution >= 4 is 27.8 Å². The molecule has 0 fully saturated rings. The Bertz CT molecular complexity index is 488. The van der Waals surface area contributed by atoms with E-state index in [4.69, 9.17) is 9.15 Å². The van der Waals surface area contributed by atoms with Gasteiger partial charge < -0.3 is 14.5 Å². The van der Waals surface area contributed by atoms with E-state index in [2.05, 4.69) is 21.2 Å². The summed E-state index contributed by atoms with van der Waals surface area (Å²) in [5, 5.41) is 2.64. The van der Waals surface area contributed by atoms with Gasteiger partial charge in [-0.15, -0.1) is 0 Å². The molecule has 0 aliphatic heterocycles. The molecule has 0 saturated carbocycles. The molecule has 0 radical (unpaired) electrons. The fraction of sp³-hybridized carbons (Fsp3) is 0.571. The first-order valence-corrected chi connectivity index (χ1v) is 7.18. The minimum atomic E-state index is -0.717. The molecule has 0 bridgehead atoms. The lowest BCUT2D eigenvalue weighted by molar-refractivity contribution is -0.158. The van der Waals surface area contributed by atoms with Gasteiger partial charge in [-0.3, -0.25) is 4.79 Å². The molecule has 1 heterocycles. The number of nitrogens with one attached hydrogen (secondary N) is 1. The largest absolute Gasteiger partial charge is 0.458 e. The van der Waals surface area contributed by atoms with Gasteiger partial charge >= 0.3 is 5.97 Å². The molecule has 112 valence electrons. The summed E-state index contributed by atoms with van der Waals surface area (Å²) >= 11 is 3.13. The first-order valence-electron chi connectivity index (χ1n) is 6.39. The average molecular weight is 346 g/mol.